The molecular weight excluding hydrogens is 230 g/mol. The maximum absolute atomic E-state index is 12.1. The van der Waals surface area contributed by atoms with E-state index < -0.39 is 0 Å². The van der Waals surface area contributed by atoms with Crippen molar-refractivity contribution in [3.05, 3.63) is 24.2 Å². The third-order valence-corrected chi connectivity index (χ3v) is 3.57. The molecule has 1 saturated heterocycles. The zero-order valence-corrected chi connectivity index (χ0v) is 10.7. The van der Waals surface area contributed by atoms with Gasteiger partial charge in [-0.2, -0.15) is 0 Å². The quantitative estimate of drug-likeness (QED) is 0.868. The average Bonchev–Trinajstić information content (AvgIpc) is 2.90. The van der Waals surface area contributed by atoms with Gasteiger partial charge in [0.2, 0.25) is 5.91 Å². The molecule has 1 unspecified atom stereocenters. The molecule has 0 bridgehead atoms. The van der Waals surface area contributed by atoms with Crippen molar-refractivity contribution in [2.24, 2.45) is 5.92 Å². The third kappa shape index (κ3) is 3.60. The van der Waals surface area contributed by atoms with E-state index in [0.717, 1.165) is 38.1 Å². The fraction of sp³-hybridized carbons (Fsp3) is 0.643. The van der Waals surface area contributed by atoms with Gasteiger partial charge in [-0.1, -0.05) is 0 Å². The summed E-state index contributed by atoms with van der Waals surface area (Å²) >= 11 is 0. The first-order valence-electron chi connectivity index (χ1n) is 6.70. The summed E-state index contributed by atoms with van der Waals surface area (Å²) in [5, 5.41) is 8.96. The lowest BCUT2D eigenvalue weighted by molar-refractivity contribution is -0.133. The predicted molar refractivity (Wildman–Crippen MR) is 68.0 cm³/mol. The van der Waals surface area contributed by atoms with Crippen LogP contribution in [0.3, 0.4) is 0 Å². The van der Waals surface area contributed by atoms with Crippen molar-refractivity contribution in [3.63, 3.8) is 0 Å². The van der Waals surface area contributed by atoms with E-state index in [0.29, 0.717) is 18.8 Å². The Morgan fingerprint density at radius 1 is 1.56 bits per heavy atom. The van der Waals surface area contributed by atoms with Crippen LogP contribution in [0.25, 0.3) is 0 Å². The Kier molecular flexibility index (Phi) is 4.81. The van der Waals surface area contributed by atoms with E-state index in [1.165, 1.54) is 0 Å². The van der Waals surface area contributed by atoms with Crippen molar-refractivity contribution in [1.29, 1.82) is 0 Å². The monoisotopic (exact) mass is 251 g/mol. The van der Waals surface area contributed by atoms with Crippen LogP contribution in [-0.2, 0) is 11.2 Å². The predicted octanol–water partition coefficient (Wildman–Crippen LogP) is 1.83. The molecule has 18 heavy (non-hydrogen) atoms. The van der Waals surface area contributed by atoms with Crippen molar-refractivity contribution >= 4 is 5.91 Å². The molecule has 2 heterocycles. The molecule has 0 spiro atoms. The van der Waals surface area contributed by atoms with Crippen LogP contribution in [0.1, 0.15) is 31.4 Å². The molecule has 100 valence electrons. The smallest absolute Gasteiger partial charge is 0.223 e. The van der Waals surface area contributed by atoms with Gasteiger partial charge in [0.25, 0.3) is 0 Å². The zero-order chi connectivity index (χ0) is 12.8. The summed E-state index contributed by atoms with van der Waals surface area (Å²) in [7, 11) is 0. The minimum Gasteiger partial charge on any atom is -0.469 e. The molecule has 1 amide bonds. The Labute approximate surface area is 108 Å². The SMILES string of the molecule is O=C(CCc1ccco1)N1CCCC(CCO)C1. The van der Waals surface area contributed by atoms with Crippen molar-refractivity contribution in [2.75, 3.05) is 19.7 Å². The second-order valence-corrected chi connectivity index (χ2v) is 4.94. The highest BCUT2D eigenvalue weighted by atomic mass is 16.3. The molecule has 1 aromatic heterocycles. The zero-order valence-electron chi connectivity index (χ0n) is 10.7. The molecule has 1 aliphatic rings. The summed E-state index contributed by atoms with van der Waals surface area (Å²) in [6.07, 6.45) is 5.81. The Hall–Kier alpha value is -1.29. The molecule has 1 fully saturated rings. The molecule has 1 aliphatic heterocycles. The summed E-state index contributed by atoms with van der Waals surface area (Å²) in [6, 6.07) is 3.75. The van der Waals surface area contributed by atoms with Gasteiger partial charge in [-0.05, 0) is 37.3 Å². The van der Waals surface area contributed by atoms with Crippen LogP contribution in [0.5, 0.6) is 0 Å². The van der Waals surface area contributed by atoms with E-state index in [4.69, 9.17) is 9.52 Å². The number of amides is 1. The van der Waals surface area contributed by atoms with Gasteiger partial charge in [0.1, 0.15) is 5.76 Å². The summed E-state index contributed by atoms with van der Waals surface area (Å²) in [5.74, 6) is 1.54. The highest BCUT2D eigenvalue weighted by Crippen LogP contribution is 2.20. The first-order valence-corrected chi connectivity index (χ1v) is 6.70. The molecule has 0 aromatic carbocycles. The number of hydrogen-bond donors (Lipinski definition) is 1. The maximum atomic E-state index is 12.1. The lowest BCUT2D eigenvalue weighted by atomic mass is 9.95. The van der Waals surface area contributed by atoms with E-state index in [2.05, 4.69) is 0 Å². The van der Waals surface area contributed by atoms with Gasteiger partial charge in [-0.15, -0.1) is 0 Å². The number of likely N-dealkylation sites (tertiary alicyclic amines) is 1. The summed E-state index contributed by atoms with van der Waals surface area (Å²) in [4.78, 5) is 14.0. The number of rotatable bonds is 5. The van der Waals surface area contributed by atoms with Gasteiger partial charge in [0, 0.05) is 32.5 Å². The van der Waals surface area contributed by atoms with E-state index in [1.807, 2.05) is 17.0 Å². The second kappa shape index (κ2) is 6.59. The van der Waals surface area contributed by atoms with Gasteiger partial charge >= 0.3 is 0 Å². The Balaban J connectivity index is 1.77. The Morgan fingerprint density at radius 2 is 2.44 bits per heavy atom. The molecule has 0 aliphatic carbocycles. The molecule has 0 radical (unpaired) electrons. The molecular formula is C14H21NO3. The van der Waals surface area contributed by atoms with Crippen LogP contribution >= 0.6 is 0 Å². The number of furan rings is 1. The number of piperidine rings is 1. The lowest BCUT2D eigenvalue weighted by Gasteiger charge is -2.32. The number of carbonyl (C=O) groups is 1. The normalized spacial score (nSPS) is 20.1. The van der Waals surface area contributed by atoms with Gasteiger partial charge in [-0.3, -0.25) is 4.79 Å². The molecule has 2 rings (SSSR count). The lowest BCUT2D eigenvalue weighted by Crippen LogP contribution is -2.40. The maximum Gasteiger partial charge on any atom is 0.223 e. The van der Waals surface area contributed by atoms with E-state index in [1.54, 1.807) is 6.26 Å². The van der Waals surface area contributed by atoms with Crippen LogP contribution in [-0.4, -0.2) is 35.6 Å². The van der Waals surface area contributed by atoms with Crippen molar-refractivity contribution < 1.29 is 14.3 Å². The molecule has 4 nitrogen and oxygen atoms in total. The van der Waals surface area contributed by atoms with Gasteiger partial charge < -0.3 is 14.4 Å². The van der Waals surface area contributed by atoms with Crippen LogP contribution in [0.2, 0.25) is 0 Å². The number of aliphatic hydroxyl groups is 1. The van der Waals surface area contributed by atoms with E-state index in [9.17, 15) is 4.79 Å². The van der Waals surface area contributed by atoms with E-state index >= 15 is 0 Å². The number of hydrogen-bond acceptors (Lipinski definition) is 3. The molecule has 1 aromatic rings. The summed E-state index contributed by atoms with van der Waals surface area (Å²) < 4.78 is 5.23. The van der Waals surface area contributed by atoms with Crippen LogP contribution in [0, 0.1) is 5.92 Å². The number of aryl methyl sites for hydroxylation is 1. The molecule has 1 atom stereocenters. The first kappa shape index (κ1) is 13.1. The standard InChI is InChI=1S/C14H21NO3/c16-9-7-12-3-1-8-15(11-12)14(17)6-5-13-4-2-10-18-13/h2,4,10,12,16H,1,3,5-9,11H2. The van der Waals surface area contributed by atoms with Crippen LogP contribution in [0.4, 0.5) is 0 Å². The van der Waals surface area contributed by atoms with E-state index in [-0.39, 0.29) is 12.5 Å². The highest BCUT2D eigenvalue weighted by Gasteiger charge is 2.22. The third-order valence-electron chi connectivity index (χ3n) is 3.57. The van der Waals surface area contributed by atoms with Gasteiger partial charge in [0.15, 0.2) is 0 Å². The Bertz CT molecular complexity index is 359. The average molecular weight is 251 g/mol. The topological polar surface area (TPSA) is 53.7 Å². The number of carbonyl (C=O) groups excluding carboxylic acids is 1. The minimum atomic E-state index is 0.203. The number of nitrogens with zero attached hydrogens (tertiary/aromatic N) is 1. The van der Waals surface area contributed by atoms with Gasteiger partial charge in [-0.25, -0.2) is 0 Å². The number of aliphatic hydroxyl groups excluding tert-OH is 1. The largest absolute Gasteiger partial charge is 0.469 e. The fourth-order valence-electron chi connectivity index (χ4n) is 2.55. The van der Waals surface area contributed by atoms with Gasteiger partial charge in [0.05, 0.1) is 6.26 Å². The summed E-state index contributed by atoms with van der Waals surface area (Å²) in [5.41, 5.74) is 0. The molecule has 4 heteroatoms. The van der Waals surface area contributed by atoms with Crippen LogP contribution in [0.15, 0.2) is 22.8 Å². The van der Waals surface area contributed by atoms with Crippen molar-refractivity contribution in [3.8, 4) is 0 Å². The van der Waals surface area contributed by atoms with Crippen molar-refractivity contribution in [2.45, 2.75) is 32.1 Å². The minimum absolute atomic E-state index is 0.203. The second-order valence-electron chi connectivity index (χ2n) is 4.94. The fourth-order valence-corrected chi connectivity index (χ4v) is 2.55. The molecule has 0 saturated carbocycles. The summed E-state index contributed by atoms with van der Waals surface area (Å²) in [6.45, 7) is 1.88. The van der Waals surface area contributed by atoms with Crippen LogP contribution < -0.4 is 0 Å². The first-order chi connectivity index (χ1) is 8.79. The molecule has 1 N–H and O–H groups in total. The van der Waals surface area contributed by atoms with Crippen molar-refractivity contribution in [1.82, 2.24) is 4.90 Å². The Morgan fingerprint density at radius 3 is 3.17 bits per heavy atom. The highest BCUT2D eigenvalue weighted by molar-refractivity contribution is 5.76.